The van der Waals surface area contributed by atoms with Crippen LogP contribution in [0, 0.1) is 5.41 Å². The molecule has 0 fully saturated rings. The minimum atomic E-state index is -0.911. The molecule has 0 aromatic heterocycles. The molecule has 1 unspecified atom stereocenters. The van der Waals surface area contributed by atoms with Crippen molar-refractivity contribution in [3.63, 3.8) is 0 Å². The Hall–Kier alpha value is -0.530. The van der Waals surface area contributed by atoms with E-state index in [0.717, 1.165) is 5.56 Å². The highest BCUT2D eigenvalue weighted by atomic mass is 35.5. The van der Waals surface area contributed by atoms with E-state index in [4.69, 9.17) is 11.6 Å². The molecule has 1 N–H and O–H groups in total. The van der Waals surface area contributed by atoms with Gasteiger partial charge in [0.1, 0.15) is 0 Å². The van der Waals surface area contributed by atoms with Gasteiger partial charge in [-0.05, 0) is 18.4 Å². The molecule has 78 valence electrons. The van der Waals surface area contributed by atoms with E-state index < -0.39 is 5.60 Å². The van der Waals surface area contributed by atoms with Crippen molar-refractivity contribution in [2.24, 2.45) is 5.41 Å². The van der Waals surface area contributed by atoms with Crippen LogP contribution in [0.3, 0.4) is 0 Å². The fourth-order valence-electron chi connectivity index (χ4n) is 1.26. The first-order chi connectivity index (χ1) is 6.27. The molecule has 0 heterocycles. The quantitative estimate of drug-likeness (QED) is 0.755. The highest BCUT2D eigenvalue weighted by Gasteiger charge is 2.38. The fraction of sp³-hybridized carbons (Fsp3) is 0.500. The highest BCUT2D eigenvalue weighted by Crippen LogP contribution is 2.41. The first-order valence-corrected chi connectivity index (χ1v) is 5.12. The summed E-state index contributed by atoms with van der Waals surface area (Å²) in [7, 11) is 0. The molecule has 2 heteroatoms. The monoisotopic (exact) mass is 212 g/mol. The minimum absolute atomic E-state index is 0.238. The zero-order chi connectivity index (χ0) is 11.0. The standard InChI is InChI=1S/C12H17ClO/c1-11(2,3)12(4,14)9-7-5-6-8-10(9)13/h5-8,14H,1-4H3. The summed E-state index contributed by atoms with van der Waals surface area (Å²) in [6, 6.07) is 7.43. The maximum Gasteiger partial charge on any atom is 0.0930 e. The summed E-state index contributed by atoms with van der Waals surface area (Å²) in [4.78, 5) is 0. The van der Waals surface area contributed by atoms with Crippen LogP contribution in [0.25, 0.3) is 0 Å². The Balaban J connectivity index is 3.23. The summed E-state index contributed by atoms with van der Waals surface area (Å²) in [6.45, 7) is 7.79. The van der Waals surface area contributed by atoms with E-state index in [9.17, 15) is 5.11 Å². The molecule has 0 bridgehead atoms. The van der Waals surface area contributed by atoms with Gasteiger partial charge in [0.25, 0.3) is 0 Å². The molecule has 0 aliphatic heterocycles. The number of hydrogen-bond donors (Lipinski definition) is 1. The number of aliphatic hydroxyl groups is 1. The van der Waals surface area contributed by atoms with Gasteiger partial charge in [0.05, 0.1) is 5.60 Å². The van der Waals surface area contributed by atoms with Crippen LogP contribution >= 0.6 is 11.6 Å². The molecule has 0 saturated heterocycles. The van der Waals surface area contributed by atoms with E-state index in [0.29, 0.717) is 5.02 Å². The Morgan fingerprint density at radius 2 is 1.57 bits per heavy atom. The largest absolute Gasteiger partial charge is 0.385 e. The summed E-state index contributed by atoms with van der Waals surface area (Å²) >= 11 is 6.05. The van der Waals surface area contributed by atoms with Crippen molar-refractivity contribution in [1.82, 2.24) is 0 Å². The smallest absolute Gasteiger partial charge is 0.0930 e. The number of hydrogen-bond acceptors (Lipinski definition) is 1. The van der Waals surface area contributed by atoms with Crippen molar-refractivity contribution in [3.05, 3.63) is 34.9 Å². The average molecular weight is 213 g/mol. The average Bonchev–Trinajstić information content (AvgIpc) is 2.02. The third-order valence-corrected chi connectivity index (χ3v) is 3.19. The first kappa shape index (κ1) is 11.5. The van der Waals surface area contributed by atoms with Gasteiger partial charge in [-0.25, -0.2) is 0 Å². The predicted octanol–water partition coefficient (Wildman–Crippen LogP) is 3.59. The Kier molecular flexibility index (Phi) is 2.93. The summed E-state index contributed by atoms with van der Waals surface area (Å²) in [5.41, 5.74) is -0.363. The highest BCUT2D eigenvalue weighted by molar-refractivity contribution is 6.31. The number of rotatable bonds is 1. The lowest BCUT2D eigenvalue weighted by Gasteiger charge is -2.38. The number of halogens is 1. The third-order valence-electron chi connectivity index (χ3n) is 2.86. The van der Waals surface area contributed by atoms with Gasteiger partial charge in [-0.1, -0.05) is 50.6 Å². The van der Waals surface area contributed by atoms with Crippen LogP contribution in [0.4, 0.5) is 0 Å². The van der Waals surface area contributed by atoms with Crippen LogP contribution in [0.5, 0.6) is 0 Å². The van der Waals surface area contributed by atoms with Crippen LogP contribution in [-0.2, 0) is 5.60 Å². The van der Waals surface area contributed by atoms with Crippen LogP contribution in [0.2, 0.25) is 5.02 Å². The second-order valence-electron chi connectivity index (χ2n) is 4.80. The van der Waals surface area contributed by atoms with E-state index >= 15 is 0 Å². The van der Waals surface area contributed by atoms with Crippen molar-refractivity contribution < 1.29 is 5.11 Å². The van der Waals surface area contributed by atoms with Gasteiger partial charge in [0.15, 0.2) is 0 Å². The van der Waals surface area contributed by atoms with Gasteiger partial charge in [-0.15, -0.1) is 0 Å². The van der Waals surface area contributed by atoms with Crippen molar-refractivity contribution in [2.75, 3.05) is 0 Å². The zero-order valence-corrected chi connectivity index (χ0v) is 9.89. The summed E-state index contributed by atoms with van der Waals surface area (Å²) in [5, 5.41) is 11.0. The molecule has 0 aliphatic carbocycles. The van der Waals surface area contributed by atoms with Crippen molar-refractivity contribution in [1.29, 1.82) is 0 Å². The lowest BCUT2D eigenvalue weighted by atomic mass is 9.73. The van der Waals surface area contributed by atoms with Crippen LogP contribution in [-0.4, -0.2) is 5.11 Å². The minimum Gasteiger partial charge on any atom is -0.385 e. The maximum atomic E-state index is 10.4. The molecule has 0 spiro atoms. The molecule has 0 saturated carbocycles. The van der Waals surface area contributed by atoms with Gasteiger partial charge < -0.3 is 5.11 Å². The summed E-state index contributed by atoms with van der Waals surface area (Å²) < 4.78 is 0. The number of benzene rings is 1. The summed E-state index contributed by atoms with van der Waals surface area (Å²) in [6.07, 6.45) is 0. The van der Waals surface area contributed by atoms with E-state index in [2.05, 4.69) is 0 Å². The van der Waals surface area contributed by atoms with E-state index in [-0.39, 0.29) is 5.41 Å². The Bertz CT molecular complexity index is 323. The second kappa shape index (κ2) is 3.56. The molecule has 1 aromatic carbocycles. The van der Waals surface area contributed by atoms with Gasteiger partial charge in [0, 0.05) is 10.6 Å². The normalized spacial score (nSPS) is 16.4. The third kappa shape index (κ3) is 1.94. The molecule has 1 rings (SSSR count). The SMILES string of the molecule is CC(C)(C)C(C)(O)c1ccccc1Cl. The van der Waals surface area contributed by atoms with Gasteiger partial charge >= 0.3 is 0 Å². The van der Waals surface area contributed by atoms with Gasteiger partial charge in [-0.3, -0.25) is 0 Å². The van der Waals surface area contributed by atoms with Crippen molar-refractivity contribution in [3.8, 4) is 0 Å². The van der Waals surface area contributed by atoms with Gasteiger partial charge in [0.2, 0.25) is 0 Å². The first-order valence-electron chi connectivity index (χ1n) is 4.74. The lowest BCUT2D eigenvalue weighted by Crippen LogP contribution is -2.37. The Morgan fingerprint density at radius 1 is 1.07 bits per heavy atom. The summed E-state index contributed by atoms with van der Waals surface area (Å²) in [5.74, 6) is 0. The molecule has 1 atom stereocenters. The topological polar surface area (TPSA) is 20.2 Å². The van der Waals surface area contributed by atoms with Gasteiger partial charge in [-0.2, -0.15) is 0 Å². The van der Waals surface area contributed by atoms with Crippen molar-refractivity contribution in [2.45, 2.75) is 33.3 Å². The van der Waals surface area contributed by atoms with Crippen LogP contribution in [0.15, 0.2) is 24.3 Å². The molecule has 14 heavy (non-hydrogen) atoms. The molecule has 0 aliphatic rings. The van der Waals surface area contributed by atoms with E-state index in [1.54, 1.807) is 13.0 Å². The predicted molar refractivity (Wildman–Crippen MR) is 60.5 cm³/mol. The van der Waals surface area contributed by atoms with Crippen molar-refractivity contribution >= 4 is 11.6 Å². The van der Waals surface area contributed by atoms with E-state index in [1.807, 2.05) is 39.0 Å². The molecular formula is C12H17ClO. The molecule has 0 radical (unpaired) electrons. The fourth-order valence-corrected chi connectivity index (χ4v) is 1.58. The van der Waals surface area contributed by atoms with Crippen LogP contribution in [0.1, 0.15) is 33.3 Å². The lowest BCUT2D eigenvalue weighted by molar-refractivity contribution is -0.0469. The molecule has 0 amide bonds. The molecule has 1 nitrogen and oxygen atoms in total. The Labute approximate surface area is 90.7 Å². The molecular weight excluding hydrogens is 196 g/mol. The zero-order valence-electron chi connectivity index (χ0n) is 9.13. The Morgan fingerprint density at radius 3 is 2.00 bits per heavy atom. The van der Waals surface area contributed by atoms with E-state index in [1.165, 1.54) is 0 Å². The second-order valence-corrected chi connectivity index (χ2v) is 5.21. The van der Waals surface area contributed by atoms with Crippen LogP contribution < -0.4 is 0 Å². The maximum absolute atomic E-state index is 10.4. The molecule has 1 aromatic rings.